The first kappa shape index (κ1) is 22.4. The Hall–Kier alpha value is -2.84. The second-order valence-electron chi connectivity index (χ2n) is 7.64. The number of nitrogens with one attached hydrogen (secondary N) is 2. The molecule has 2 aromatic carbocycles. The van der Waals surface area contributed by atoms with Crippen molar-refractivity contribution in [3.63, 3.8) is 0 Å². The molecular formula is C23H24ClN3O4S. The molecule has 4 rings (SSSR count). The smallest absolute Gasteiger partial charge is 0.262 e. The molecule has 0 saturated heterocycles. The van der Waals surface area contributed by atoms with Crippen LogP contribution in [0.4, 0.5) is 0 Å². The average molecular weight is 474 g/mol. The number of ether oxygens (including phenoxy) is 2. The van der Waals surface area contributed by atoms with Gasteiger partial charge in [-0.25, -0.2) is 0 Å². The number of benzene rings is 2. The summed E-state index contributed by atoms with van der Waals surface area (Å²) in [6.07, 6.45) is 3.47. The van der Waals surface area contributed by atoms with Crippen molar-refractivity contribution in [2.75, 3.05) is 13.3 Å². The molecule has 0 fully saturated rings. The molecule has 0 radical (unpaired) electrons. The molecular weight excluding hydrogens is 450 g/mol. The van der Waals surface area contributed by atoms with E-state index in [0.717, 1.165) is 24.8 Å². The lowest BCUT2D eigenvalue weighted by Gasteiger charge is -2.09. The zero-order valence-electron chi connectivity index (χ0n) is 17.5. The lowest BCUT2D eigenvalue weighted by atomic mass is 10.1. The predicted octanol–water partition coefficient (Wildman–Crippen LogP) is 4.36. The van der Waals surface area contributed by atoms with Crippen LogP contribution in [-0.2, 0) is 17.8 Å². The molecule has 9 heteroatoms. The molecule has 0 saturated carbocycles. The van der Waals surface area contributed by atoms with E-state index in [0.29, 0.717) is 58.1 Å². The number of hydrogen-bond donors (Lipinski definition) is 2. The van der Waals surface area contributed by atoms with Gasteiger partial charge in [0.1, 0.15) is 0 Å². The Bertz CT molecular complexity index is 1250. The number of aromatic amines is 1. The van der Waals surface area contributed by atoms with Crippen LogP contribution in [0, 0.1) is 4.77 Å². The summed E-state index contributed by atoms with van der Waals surface area (Å²) in [7, 11) is 0. The quantitative estimate of drug-likeness (QED) is 0.356. The van der Waals surface area contributed by atoms with Crippen LogP contribution in [0.1, 0.15) is 31.2 Å². The monoisotopic (exact) mass is 473 g/mol. The van der Waals surface area contributed by atoms with Gasteiger partial charge in [0.15, 0.2) is 16.3 Å². The topological polar surface area (TPSA) is 85.4 Å². The van der Waals surface area contributed by atoms with Crippen molar-refractivity contribution in [1.82, 2.24) is 14.9 Å². The normalized spacial score (nSPS) is 12.3. The molecule has 0 spiro atoms. The number of carbonyl (C=O) groups is 1. The van der Waals surface area contributed by atoms with Gasteiger partial charge in [0, 0.05) is 30.6 Å². The van der Waals surface area contributed by atoms with Crippen molar-refractivity contribution >= 4 is 40.6 Å². The Morgan fingerprint density at radius 2 is 1.94 bits per heavy atom. The molecule has 0 unspecified atom stereocenters. The number of H-pyrrole nitrogens is 1. The molecule has 0 atom stereocenters. The van der Waals surface area contributed by atoms with Gasteiger partial charge in [0.25, 0.3) is 5.56 Å². The molecule has 3 aromatic rings. The summed E-state index contributed by atoms with van der Waals surface area (Å²) in [6, 6.07) is 11.1. The number of aromatic nitrogens is 2. The maximum Gasteiger partial charge on any atom is 0.262 e. The Morgan fingerprint density at radius 1 is 1.16 bits per heavy atom. The lowest BCUT2D eigenvalue weighted by Crippen LogP contribution is -2.25. The van der Waals surface area contributed by atoms with Crippen LogP contribution in [0.15, 0.2) is 41.2 Å². The number of hydrogen-bond acceptors (Lipinski definition) is 5. The van der Waals surface area contributed by atoms with Crippen LogP contribution < -0.4 is 20.3 Å². The van der Waals surface area contributed by atoms with Gasteiger partial charge in [-0.2, -0.15) is 0 Å². The minimum atomic E-state index is -0.153. The van der Waals surface area contributed by atoms with Gasteiger partial charge < -0.3 is 19.8 Å². The Balaban J connectivity index is 1.24. The summed E-state index contributed by atoms with van der Waals surface area (Å²) in [4.78, 5) is 28.0. The maximum absolute atomic E-state index is 12.9. The van der Waals surface area contributed by atoms with Crippen molar-refractivity contribution in [1.29, 1.82) is 0 Å². The highest BCUT2D eigenvalue weighted by Crippen LogP contribution is 2.34. The summed E-state index contributed by atoms with van der Waals surface area (Å²) in [5, 5.41) is 4.16. The van der Waals surface area contributed by atoms with Gasteiger partial charge in [-0.05, 0) is 49.2 Å². The van der Waals surface area contributed by atoms with Crippen LogP contribution in [-0.4, -0.2) is 28.8 Å². The largest absolute Gasteiger partial charge is 0.454 e. The third-order valence-corrected chi connectivity index (χ3v) is 6.13. The van der Waals surface area contributed by atoms with Crippen LogP contribution in [0.25, 0.3) is 10.9 Å². The summed E-state index contributed by atoms with van der Waals surface area (Å²) >= 11 is 11.5. The zero-order valence-corrected chi connectivity index (χ0v) is 19.1. The number of nitrogens with zero attached hydrogens (tertiary/aromatic N) is 1. The highest BCUT2D eigenvalue weighted by molar-refractivity contribution is 7.71. The van der Waals surface area contributed by atoms with E-state index in [4.69, 9.17) is 33.3 Å². The fraction of sp³-hybridized carbons (Fsp3) is 0.348. The molecule has 32 heavy (non-hydrogen) atoms. The molecule has 1 aromatic heterocycles. The molecule has 1 aliphatic heterocycles. The first-order valence-electron chi connectivity index (χ1n) is 10.6. The summed E-state index contributed by atoms with van der Waals surface area (Å²) in [5.41, 5.74) is 1.50. The van der Waals surface area contributed by atoms with E-state index in [1.165, 1.54) is 0 Å². The Kier molecular flexibility index (Phi) is 7.12. The molecule has 2 N–H and O–H groups in total. The van der Waals surface area contributed by atoms with Crippen LogP contribution >= 0.6 is 23.8 Å². The van der Waals surface area contributed by atoms with E-state index < -0.39 is 0 Å². The Labute approximate surface area is 195 Å². The first-order chi connectivity index (χ1) is 15.5. The van der Waals surface area contributed by atoms with E-state index in [2.05, 4.69) is 10.3 Å². The van der Waals surface area contributed by atoms with Gasteiger partial charge in [-0.15, -0.1) is 0 Å². The zero-order chi connectivity index (χ0) is 22.5. The van der Waals surface area contributed by atoms with Gasteiger partial charge >= 0.3 is 0 Å². The van der Waals surface area contributed by atoms with E-state index in [-0.39, 0.29) is 18.3 Å². The third kappa shape index (κ3) is 5.14. The fourth-order valence-corrected chi connectivity index (χ4v) is 4.22. The van der Waals surface area contributed by atoms with Gasteiger partial charge in [0.05, 0.1) is 10.9 Å². The standard InChI is InChI=1S/C23H24ClN3O4S/c24-17-7-4-3-6-15(17)9-10-25-21(28)8-2-1-5-11-27-22(29)16-12-19-20(31-14-30-19)13-18(16)26-23(27)32/h3-4,6-7,12-13H,1-2,5,8-11,14H2,(H,25,28)(H,26,32). The van der Waals surface area contributed by atoms with E-state index in [1.807, 2.05) is 24.3 Å². The molecule has 0 bridgehead atoms. The molecule has 1 aliphatic rings. The van der Waals surface area contributed by atoms with Crippen LogP contribution in [0.2, 0.25) is 5.02 Å². The minimum absolute atomic E-state index is 0.0216. The highest BCUT2D eigenvalue weighted by Gasteiger charge is 2.17. The highest BCUT2D eigenvalue weighted by atomic mass is 35.5. The van der Waals surface area contributed by atoms with Gasteiger partial charge in [-0.3, -0.25) is 14.2 Å². The van der Waals surface area contributed by atoms with Gasteiger partial charge in [-0.1, -0.05) is 36.2 Å². The van der Waals surface area contributed by atoms with E-state index >= 15 is 0 Å². The molecule has 7 nitrogen and oxygen atoms in total. The molecule has 168 valence electrons. The first-order valence-corrected chi connectivity index (χ1v) is 11.4. The molecule has 2 heterocycles. The van der Waals surface area contributed by atoms with Gasteiger partial charge in [0.2, 0.25) is 12.7 Å². The van der Waals surface area contributed by atoms with E-state index in [1.54, 1.807) is 16.7 Å². The van der Waals surface area contributed by atoms with Crippen LogP contribution in [0.3, 0.4) is 0 Å². The van der Waals surface area contributed by atoms with Crippen molar-refractivity contribution < 1.29 is 14.3 Å². The number of halogens is 1. The molecule has 0 aliphatic carbocycles. The number of fused-ring (bicyclic) bond motifs is 2. The van der Waals surface area contributed by atoms with E-state index in [9.17, 15) is 9.59 Å². The number of carbonyl (C=O) groups excluding carboxylic acids is 1. The van der Waals surface area contributed by atoms with Crippen molar-refractivity contribution in [3.05, 3.63) is 62.1 Å². The fourth-order valence-electron chi connectivity index (χ4n) is 3.70. The van der Waals surface area contributed by atoms with Crippen molar-refractivity contribution in [2.45, 2.75) is 38.6 Å². The summed E-state index contributed by atoms with van der Waals surface area (Å²) in [6.45, 7) is 1.20. The predicted molar refractivity (Wildman–Crippen MR) is 126 cm³/mol. The summed E-state index contributed by atoms with van der Waals surface area (Å²) < 4.78 is 12.7. The Morgan fingerprint density at radius 3 is 2.75 bits per heavy atom. The maximum atomic E-state index is 12.9. The number of amides is 1. The van der Waals surface area contributed by atoms with Crippen molar-refractivity contribution in [2.24, 2.45) is 0 Å². The number of unbranched alkanes of at least 4 members (excludes halogenated alkanes) is 2. The number of rotatable bonds is 9. The molecule has 1 amide bonds. The SMILES string of the molecule is O=C(CCCCCn1c(=S)[nH]c2cc3c(cc2c1=O)OCO3)NCCc1ccccc1Cl. The lowest BCUT2D eigenvalue weighted by molar-refractivity contribution is -0.121. The van der Waals surface area contributed by atoms with Crippen LogP contribution in [0.5, 0.6) is 11.5 Å². The third-order valence-electron chi connectivity index (χ3n) is 5.43. The second-order valence-corrected chi connectivity index (χ2v) is 8.43. The second kappa shape index (κ2) is 10.2. The van der Waals surface area contributed by atoms with Crippen molar-refractivity contribution in [3.8, 4) is 11.5 Å². The summed E-state index contributed by atoms with van der Waals surface area (Å²) in [5.74, 6) is 1.19. The minimum Gasteiger partial charge on any atom is -0.454 e. The average Bonchev–Trinajstić information content (AvgIpc) is 3.23.